The van der Waals surface area contributed by atoms with E-state index in [-0.39, 0.29) is 0 Å². The first-order valence-electron chi connectivity index (χ1n) is 7.72. The number of nitrogens with zero attached hydrogens (tertiary/aromatic N) is 1. The van der Waals surface area contributed by atoms with Gasteiger partial charge in [0.15, 0.2) is 0 Å². The van der Waals surface area contributed by atoms with Crippen molar-refractivity contribution in [2.75, 3.05) is 26.2 Å². The summed E-state index contributed by atoms with van der Waals surface area (Å²) in [7, 11) is 0. The Morgan fingerprint density at radius 1 is 1.29 bits per heavy atom. The summed E-state index contributed by atoms with van der Waals surface area (Å²) in [5, 5.41) is 3.48. The van der Waals surface area contributed by atoms with Crippen LogP contribution in [0.1, 0.15) is 59.3 Å². The topological polar surface area (TPSA) is 15.3 Å². The monoisotopic (exact) mass is 240 g/mol. The Kier molecular flexibility index (Phi) is 7.87. The fraction of sp³-hybridized carbons (Fsp3) is 1.00. The summed E-state index contributed by atoms with van der Waals surface area (Å²) in [5.41, 5.74) is 0. The molecule has 0 bridgehead atoms. The largest absolute Gasteiger partial charge is 0.315 e. The van der Waals surface area contributed by atoms with E-state index in [4.69, 9.17) is 0 Å². The van der Waals surface area contributed by atoms with Gasteiger partial charge in [0.25, 0.3) is 0 Å². The summed E-state index contributed by atoms with van der Waals surface area (Å²) >= 11 is 0. The van der Waals surface area contributed by atoms with Crippen molar-refractivity contribution in [3.8, 4) is 0 Å². The van der Waals surface area contributed by atoms with E-state index in [0.29, 0.717) is 6.04 Å². The molecule has 1 aliphatic heterocycles. The Balaban J connectivity index is 1.97. The summed E-state index contributed by atoms with van der Waals surface area (Å²) in [5.74, 6) is 1.00. The summed E-state index contributed by atoms with van der Waals surface area (Å²) in [4.78, 5) is 2.68. The van der Waals surface area contributed by atoms with Crippen LogP contribution in [0.5, 0.6) is 0 Å². The molecular weight excluding hydrogens is 208 g/mol. The average Bonchev–Trinajstić information content (AvgIpc) is 2.73. The van der Waals surface area contributed by atoms with Gasteiger partial charge in [-0.25, -0.2) is 0 Å². The zero-order valence-corrected chi connectivity index (χ0v) is 12.2. The minimum Gasteiger partial charge on any atom is -0.315 e. The van der Waals surface area contributed by atoms with Crippen molar-refractivity contribution in [2.24, 2.45) is 5.92 Å². The van der Waals surface area contributed by atoms with Crippen LogP contribution in [-0.4, -0.2) is 37.1 Å². The van der Waals surface area contributed by atoms with Crippen LogP contribution in [0.15, 0.2) is 0 Å². The molecule has 1 fully saturated rings. The molecule has 2 heteroatoms. The average molecular weight is 240 g/mol. The van der Waals surface area contributed by atoms with E-state index in [0.717, 1.165) is 12.5 Å². The Morgan fingerprint density at radius 3 is 2.82 bits per heavy atom. The summed E-state index contributed by atoms with van der Waals surface area (Å²) in [6, 6.07) is 0.700. The molecule has 0 aromatic heterocycles. The molecule has 1 saturated heterocycles. The van der Waals surface area contributed by atoms with Crippen molar-refractivity contribution >= 4 is 0 Å². The van der Waals surface area contributed by atoms with Crippen LogP contribution in [0.4, 0.5) is 0 Å². The number of rotatable bonds is 9. The first-order chi connectivity index (χ1) is 8.26. The lowest BCUT2D eigenvalue weighted by Gasteiger charge is -2.17. The Hall–Kier alpha value is -0.0800. The minimum absolute atomic E-state index is 0.700. The van der Waals surface area contributed by atoms with Crippen LogP contribution >= 0.6 is 0 Å². The number of likely N-dealkylation sites (tertiary alicyclic amines) is 1. The molecular formula is C15H32N2. The maximum absolute atomic E-state index is 3.48. The van der Waals surface area contributed by atoms with Gasteiger partial charge in [-0.2, -0.15) is 0 Å². The van der Waals surface area contributed by atoms with E-state index >= 15 is 0 Å². The highest BCUT2D eigenvalue weighted by Gasteiger charge is 2.20. The second-order valence-corrected chi connectivity index (χ2v) is 5.70. The lowest BCUT2D eigenvalue weighted by atomic mass is 10.0. The molecule has 0 aromatic rings. The number of hydrogen-bond acceptors (Lipinski definition) is 2. The first kappa shape index (κ1) is 15.0. The zero-order valence-electron chi connectivity index (χ0n) is 12.2. The molecule has 0 aromatic carbocycles. The quantitative estimate of drug-likeness (QED) is 0.622. The fourth-order valence-corrected chi connectivity index (χ4v) is 3.00. The van der Waals surface area contributed by atoms with Crippen LogP contribution in [0.25, 0.3) is 0 Å². The number of hydrogen-bond donors (Lipinski definition) is 1. The maximum Gasteiger partial charge on any atom is 0.00386 e. The van der Waals surface area contributed by atoms with Gasteiger partial charge in [0.2, 0.25) is 0 Å². The molecule has 2 unspecified atom stereocenters. The molecule has 0 saturated carbocycles. The summed E-state index contributed by atoms with van der Waals surface area (Å²) < 4.78 is 0. The van der Waals surface area contributed by atoms with Gasteiger partial charge in [-0.05, 0) is 58.2 Å². The van der Waals surface area contributed by atoms with Crippen LogP contribution < -0.4 is 5.32 Å². The fourth-order valence-electron chi connectivity index (χ4n) is 3.00. The van der Waals surface area contributed by atoms with Crippen molar-refractivity contribution in [3.63, 3.8) is 0 Å². The molecule has 102 valence electrons. The summed E-state index contributed by atoms with van der Waals surface area (Å²) in [6.07, 6.45) is 8.34. The first-order valence-corrected chi connectivity index (χ1v) is 7.72. The van der Waals surface area contributed by atoms with Gasteiger partial charge in [-0.3, -0.25) is 0 Å². The van der Waals surface area contributed by atoms with Gasteiger partial charge in [0, 0.05) is 12.6 Å². The molecule has 17 heavy (non-hydrogen) atoms. The normalized spacial score (nSPS) is 23.1. The van der Waals surface area contributed by atoms with Gasteiger partial charge in [-0.1, -0.05) is 26.7 Å². The third kappa shape index (κ3) is 6.42. The van der Waals surface area contributed by atoms with Crippen molar-refractivity contribution in [2.45, 2.75) is 65.3 Å². The third-order valence-electron chi connectivity index (χ3n) is 3.98. The van der Waals surface area contributed by atoms with Crippen molar-refractivity contribution in [3.05, 3.63) is 0 Å². The number of unbranched alkanes of at least 4 members (excludes halogenated alkanes) is 1. The van der Waals surface area contributed by atoms with E-state index in [1.54, 1.807) is 0 Å². The molecule has 2 atom stereocenters. The van der Waals surface area contributed by atoms with E-state index in [1.165, 1.54) is 58.2 Å². The predicted molar refractivity (Wildman–Crippen MR) is 76.4 cm³/mol. The smallest absolute Gasteiger partial charge is 0.00386 e. The van der Waals surface area contributed by atoms with Gasteiger partial charge in [-0.15, -0.1) is 0 Å². The summed E-state index contributed by atoms with van der Waals surface area (Å²) in [6.45, 7) is 12.0. The Labute approximate surface area is 108 Å². The molecule has 2 nitrogen and oxygen atoms in total. The molecule has 1 heterocycles. The van der Waals surface area contributed by atoms with Crippen LogP contribution in [-0.2, 0) is 0 Å². The Morgan fingerprint density at radius 2 is 2.12 bits per heavy atom. The molecule has 1 aliphatic rings. The maximum atomic E-state index is 3.48. The standard InChI is InChI=1S/C15H32N2/c1-4-8-15-10-12-17(13-15)11-7-6-9-14(3)16-5-2/h14-16H,4-13H2,1-3H3. The Bertz CT molecular complexity index is 182. The van der Waals surface area contributed by atoms with Crippen LogP contribution in [0.3, 0.4) is 0 Å². The predicted octanol–water partition coefficient (Wildman–Crippen LogP) is 3.28. The van der Waals surface area contributed by atoms with Crippen molar-refractivity contribution in [1.82, 2.24) is 10.2 Å². The van der Waals surface area contributed by atoms with Gasteiger partial charge < -0.3 is 10.2 Å². The lowest BCUT2D eigenvalue weighted by Crippen LogP contribution is -2.26. The van der Waals surface area contributed by atoms with Crippen LogP contribution in [0, 0.1) is 5.92 Å². The van der Waals surface area contributed by atoms with E-state index in [9.17, 15) is 0 Å². The van der Waals surface area contributed by atoms with E-state index < -0.39 is 0 Å². The molecule has 0 radical (unpaired) electrons. The number of nitrogens with one attached hydrogen (secondary N) is 1. The minimum atomic E-state index is 0.700. The SMILES string of the molecule is CCCC1CCN(CCCCC(C)NCC)C1. The van der Waals surface area contributed by atoms with Crippen molar-refractivity contribution in [1.29, 1.82) is 0 Å². The second kappa shape index (κ2) is 8.93. The molecule has 0 amide bonds. The van der Waals surface area contributed by atoms with Crippen LogP contribution in [0.2, 0.25) is 0 Å². The zero-order chi connectivity index (χ0) is 12.5. The van der Waals surface area contributed by atoms with Gasteiger partial charge >= 0.3 is 0 Å². The third-order valence-corrected chi connectivity index (χ3v) is 3.98. The molecule has 0 aliphatic carbocycles. The molecule has 1 rings (SSSR count). The highest BCUT2D eigenvalue weighted by atomic mass is 15.1. The second-order valence-electron chi connectivity index (χ2n) is 5.70. The van der Waals surface area contributed by atoms with Crippen molar-refractivity contribution < 1.29 is 0 Å². The van der Waals surface area contributed by atoms with Gasteiger partial charge in [0.1, 0.15) is 0 Å². The molecule has 0 spiro atoms. The van der Waals surface area contributed by atoms with E-state index in [1.807, 2.05) is 0 Å². The molecule has 1 N–H and O–H groups in total. The van der Waals surface area contributed by atoms with Gasteiger partial charge in [0.05, 0.1) is 0 Å². The highest BCUT2D eigenvalue weighted by Crippen LogP contribution is 2.21. The lowest BCUT2D eigenvalue weighted by molar-refractivity contribution is 0.309. The van der Waals surface area contributed by atoms with E-state index in [2.05, 4.69) is 31.0 Å². The highest BCUT2D eigenvalue weighted by molar-refractivity contribution is 4.75.